The van der Waals surface area contributed by atoms with Crippen molar-refractivity contribution in [2.75, 3.05) is 19.7 Å². The van der Waals surface area contributed by atoms with Gasteiger partial charge in [0.05, 0.1) is 0 Å². The van der Waals surface area contributed by atoms with Gasteiger partial charge in [-0.15, -0.1) is 0 Å². The lowest BCUT2D eigenvalue weighted by atomic mass is 9.79. The first-order valence-electron chi connectivity index (χ1n) is 7.11. The van der Waals surface area contributed by atoms with Gasteiger partial charge < -0.3 is 10.4 Å². The van der Waals surface area contributed by atoms with Gasteiger partial charge in [0, 0.05) is 31.5 Å². The summed E-state index contributed by atoms with van der Waals surface area (Å²) in [5.74, 6) is 1.17. The van der Waals surface area contributed by atoms with Crippen molar-refractivity contribution in [2.45, 2.75) is 32.1 Å². The van der Waals surface area contributed by atoms with Crippen LogP contribution in [0.5, 0.6) is 0 Å². The molecule has 2 N–H and O–H groups in total. The maximum absolute atomic E-state index is 9.36. The Morgan fingerprint density at radius 1 is 1.22 bits per heavy atom. The van der Waals surface area contributed by atoms with Gasteiger partial charge in [0.1, 0.15) is 0 Å². The van der Waals surface area contributed by atoms with Crippen LogP contribution in [-0.2, 0) is 6.42 Å². The van der Waals surface area contributed by atoms with Gasteiger partial charge in [0.15, 0.2) is 0 Å². The molecule has 1 aliphatic carbocycles. The minimum absolute atomic E-state index is 0.354. The molecule has 1 aliphatic rings. The van der Waals surface area contributed by atoms with Gasteiger partial charge in [-0.05, 0) is 43.4 Å². The molecule has 0 aliphatic heterocycles. The summed E-state index contributed by atoms with van der Waals surface area (Å²) in [5.41, 5.74) is 1.15. The van der Waals surface area contributed by atoms with Gasteiger partial charge in [-0.3, -0.25) is 4.98 Å². The third-order valence-corrected chi connectivity index (χ3v) is 3.99. The van der Waals surface area contributed by atoms with E-state index in [0.29, 0.717) is 18.4 Å². The van der Waals surface area contributed by atoms with Gasteiger partial charge in [-0.1, -0.05) is 18.9 Å². The Bertz CT molecular complexity index is 329. The Kier molecular flexibility index (Phi) is 5.62. The van der Waals surface area contributed by atoms with Gasteiger partial charge >= 0.3 is 0 Å². The van der Waals surface area contributed by atoms with Crippen LogP contribution in [0.1, 0.15) is 31.4 Å². The highest BCUT2D eigenvalue weighted by atomic mass is 16.3. The van der Waals surface area contributed by atoms with E-state index in [0.717, 1.165) is 25.2 Å². The molecule has 3 nitrogen and oxygen atoms in total. The van der Waals surface area contributed by atoms with Crippen LogP contribution < -0.4 is 5.32 Å². The number of aliphatic hydroxyl groups is 1. The standard InChI is InChI=1S/C15H24N2O/c18-12-14-6-2-1-5-13(14)11-16-10-8-15-7-3-4-9-17-15/h3-4,7,9,13-14,16,18H,1-2,5-6,8,10-12H2. The van der Waals surface area contributed by atoms with Gasteiger partial charge in [-0.2, -0.15) is 0 Å². The monoisotopic (exact) mass is 248 g/mol. The molecule has 3 heteroatoms. The van der Waals surface area contributed by atoms with Crippen molar-refractivity contribution in [3.63, 3.8) is 0 Å². The van der Waals surface area contributed by atoms with E-state index in [1.165, 1.54) is 25.7 Å². The van der Waals surface area contributed by atoms with Crippen LogP contribution in [0.15, 0.2) is 24.4 Å². The van der Waals surface area contributed by atoms with Crippen LogP contribution in [0.4, 0.5) is 0 Å². The zero-order valence-electron chi connectivity index (χ0n) is 11.0. The maximum atomic E-state index is 9.36. The molecule has 2 unspecified atom stereocenters. The molecule has 0 aromatic carbocycles. The molecule has 0 bridgehead atoms. The van der Waals surface area contributed by atoms with Crippen molar-refractivity contribution in [3.05, 3.63) is 30.1 Å². The number of nitrogens with zero attached hydrogens (tertiary/aromatic N) is 1. The molecule has 1 aromatic rings. The summed E-state index contributed by atoms with van der Waals surface area (Å²) in [5, 5.41) is 12.9. The second-order valence-electron chi connectivity index (χ2n) is 5.26. The summed E-state index contributed by atoms with van der Waals surface area (Å²) in [7, 11) is 0. The SMILES string of the molecule is OCC1CCCCC1CNCCc1ccccn1. The van der Waals surface area contributed by atoms with Crippen LogP contribution in [0, 0.1) is 11.8 Å². The lowest BCUT2D eigenvalue weighted by Crippen LogP contribution is -2.33. The third kappa shape index (κ3) is 4.07. The van der Waals surface area contributed by atoms with Crippen LogP contribution >= 0.6 is 0 Å². The summed E-state index contributed by atoms with van der Waals surface area (Å²) in [4.78, 5) is 4.31. The summed E-state index contributed by atoms with van der Waals surface area (Å²) in [6.45, 7) is 2.37. The average molecular weight is 248 g/mol. The highest BCUT2D eigenvalue weighted by Crippen LogP contribution is 2.28. The van der Waals surface area contributed by atoms with Crippen LogP contribution in [0.25, 0.3) is 0 Å². The fourth-order valence-corrected chi connectivity index (χ4v) is 2.84. The van der Waals surface area contributed by atoms with E-state index >= 15 is 0 Å². The van der Waals surface area contributed by atoms with E-state index in [-0.39, 0.29) is 0 Å². The molecule has 0 spiro atoms. The Labute approximate surface area is 110 Å². The number of aliphatic hydroxyl groups excluding tert-OH is 1. The Morgan fingerprint density at radius 2 is 2.06 bits per heavy atom. The number of pyridine rings is 1. The topological polar surface area (TPSA) is 45.1 Å². The molecule has 100 valence electrons. The second-order valence-corrected chi connectivity index (χ2v) is 5.26. The first-order valence-corrected chi connectivity index (χ1v) is 7.11. The average Bonchev–Trinajstić information content (AvgIpc) is 2.45. The summed E-state index contributed by atoms with van der Waals surface area (Å²) in [6.07, 6.45) is 7.90. The summed E-state index contributed by atoms with van der Waals surface area (Å²) in [6, 6.07) is 6.05. The van der Waals surface area contributed by atoms with Crippen LogP contribution in [0.3, 0.4) is 0 Å². The highest BCUT2D eigenvalue weighted by Gasteiger charge is 2.23. The molecule has 1 saturated carbocycles. The van der Waals surface area contributed by atoms with E-state index in [4.69, 9.17) is 0 Å². The molecule has 0 radical (unpaired) electrons. The smallest absolute Gasteiger partial charge is 0.0462 e. The molecule has 0 amide bonds. The minimum atomic E-state index is 0.354. The normalized spacial score (nSPS) is 24.1. The highest BCUT2D eigenvalue weighted by molar-refractivity contribution is 5.03. The van der Waals surface area contributed by atoms with Gasteiger partial charge in [0.25, 0.3) is 0 Å². The summed E-state index contributed by atoms with van der Waals surface area (Å²) < 4.78 is 0. The fourth-order valence-electron chi connectivity index (χ4n) is 2.84. The van der Waals surface area contributed by atoms with E-state index in [1.807, 2.05) is 18.3 Å². The Hall–Kier alpha value is -0.930. The van der Waals surface area contributed by atoms with E-state index in [9.17, 15) is 5.11 Å². The van der Waals surface area contributed by atoms with Crippen molar-refractivity contribution in [3.8, 4) is 0 Å². The zero-order chi connectivity index (χ0) is 12.6. The number of nitrogens with one attached hydrogen (secondary N) is 1. The fraction of sp³-hybridized carbons (Fsp3) is 0.667. The van der Waals surface area contributed by atoms with Gasteiger partial charge in [0.2, 0.25) is 0 Å². The van der Waals surface area contributed by atoms with Crippen molar-refractivity contribution in [1.29, 1.82) is 0 Å². The molecule has 0 saturated heterocycles. The first kappa shape index (κ1) is 13.5. The van der Waals surface area contributed by atoms with Crippen LogP contribution in [0.2, 0.25) is 0 Å². The quantitative estimate of drug-likeness (QED) is 0.757. The number of hydrogen-bond acceptors (Lipinski definition) is 3. The van der Waals surface area contributed by atoms with Crippen molar-refractivity contribution in [1.82, 2.24) is 10.3 Å². The minimum Gasteiger partial charge on any atom is -0.396 e. The Balaban J connectivity index is 1.65. The molecule has 18 heavy (non-hydrogen) atoms. The van der Waals surface area contributed by atoms with Crippen LogP contribution in [-0.4, -0.2) is 29.8 Å². The predicted molar refractivity (Wildman–Crippen MR) is 73.3 cm³/mol. The van der Waals surface area contributed by atoms with Crippen molar-refractivity contribution >= 4 is 0 Å². The van der Waals surface area contributed by atoms with Crippen molar-refractivity contribution in [2.24, 2.45) is 11.8 Å². The molecule has 2 rings (SSSR count). The lowest BCUT2D eigenvalue weighted by molar-refractivity contribution is 0.133. The zero-order valence-corrected chi connectivity index (χ0v) is 11.0. The third-order valence-electron chi connectivity index (χ3n) is 3.99. The predicted octanol–water partition coefficient (Wildman–Crippen LogP) is 2.01. The molecular weight excluding hydrogens is 224 g/mol. The maximum Gasteiger partial charge on any atom is 0.0462 e. The Morgan fingerprint density at radius 3 is 2.78 bits per heavy atom. The second kappa shape index (κ2) is 7.49. The molecular formula is C15H24N2O. The van der Waals surface area contributed by atoms with E-state index < -0.39 is 0 Å². The molecule has 1 fully saturated rings. The van der Waals surface area contributed by atoms with Crippen molar-refractivity contribution < 1.29 is 5.11 Å². The number of hydrogen-bond donors (Lipinski definition) is 2. The molecule has 1 aromatic heterocycles. The molecule has 2 atom stereocenters. The van der Waals surface area contributed by atoms with Gasteiger partial charge in [-0.25, -0.2) is 0 Å². The van der Waals surface area contributed by atoms with E-state index in [1.54, 1.807) is 0 Å². The molecule has 1 heterocycles. The number of aromatic nitrogens is 1. The first-order chi connectivity index (χ1) is 8.90. The summed E-state index contributed by atoms with van der Waals surface area (Å²) >= 11 is 0. The van der Waals surface area contributed by atoms with E-state index in [2.05, 4.69) is 16.4 Å². The lowest BCUT2D eigenvalue weighted by Gasteiger charge is -2.30. The number of rotatable bonds is 6. The largest absolute Gasteiger partial charge is 0.396 e.